The van der Waals surface area contributed by atoms with Gasteiger partial charge in [0.25, 0.3) is 5.91 Å². The fourth-order valence-corrected chi connectivity index (χ4v) is 2.30. The zero-order valence-electron chi connectivity index (χ0n) is 11.3. The van der Waals surface area contributed by atoms with E-state index in [4.69, 9.17) is 21.1 Å². The number of hydrogen-bond acceptors (Lipinski definition) is 4. The zero-order chi connectivity index (χ0) is 15.4. The topological polar surface area (TPSA) is 60.5 Å². The van der Waals surface area contributed by atoms with E-state index in [0.29, 0.717) is 32.4 Å². The number of benzene rings is 1. The molecule has 0 radical (unpaired) electrons. The first-order valence-corrected chi connectivity index (χ1v) is 7.06. The lowest BCUT2D eigenvalue weighted by atomic mass is 10.2. The van der Waals surface area contributed by atoms with Crippen molar-refractivity contribution in [3.8, 4) is 11.5 Å². The highest BCUT2D eigenvalue weighted by Crippen LogP contribution is 2.36. The number of rotatable bonds is 4. The van der Waals surface area contributed by atoms with Gasteiger partial charge in [-0.15, -0.1) is 0 Å². The number of hydrogen-bond donors (Lipinski definition) is 1. The largest absolute Gasteiger partial charge is 0.495 e. The molecule has 0 aliphatic carbocycles. The van der Waals surface area contributed by atoms with Crippen molar-refractivity contribution >= 4 is 39.1 Å². The second-order valence-electron chi connectivity index (χ2n) is 4.01. The highest BCUT2D eigenvalue weighted by molar-refractivity contribution is 9.10. The van der Waals surface area contributed by atoms with Crippen LogP contribution in [0.5, 0.6) is 11.5 Å². The third kappa shape index (κ3) is 3.65. The van der Waals surface area contributed by atoms with Crippen LogP contribution in [0.1, 0.15) is 10.4 Å². The molecule has 1 N–H and O–H groups in total. The molecule has 2 rings (SSSR count). The number of ether oxygens (including phenoxy) is 2. The molecular formula is C14H12BrClN2O3. The molecule has 5 nitrogen and oxygen atoms in total. The van der Waals surface area contributed by atoms with Gasteiger partial charge in [0, 0.05) is 17.8 Å². The van der Waals surface area contributed by atoms with Crippen LogP contribution >= 0.6 is 27.5 Å². The van der Waals surface area contributed by atoms with E-state index in [-0.39, 0.29) is 5.91 Å². The van der Waals surface area contributed by atoms with E-state index in [1.807, 2.05) is 0 Å². The normalized spacial score (nSPS) is 10.1. The van der Waals surface area contributed by atoms with Gasteiger partial charge in [-0.25, -0.2) is 4.98 Å². The van der Waals surface area contributed by atoms with Crippen LogP contribution in [-0.4, -0.2) is 25.1 Å². The van der Waals surface area contributed by atoms with Crippen LogP contribution in [0.4, 0.5) is 5.69 Å². The second-order valence-corrected chi connectivity index (χ2v) is 5.23. The maximum absolute atomic E-state index is 12.2. The molecule has 0 saturated carbocycles. The van der Waals surface area contributed by atoms with Crippen molar-refractivity contribution in [1.82, 2.24) is 4.98 Å². The van der Waals surface area contributed by atoms with E-state index >= 15 is 0 Å². The van der Waals surface area contributed by atoms with Gasteiger partial charge < -0.3 is 14.8 Å². The molecule has 2 aromatic rings. The minimum Gasteiger partial charge on any atom is -0.495 e. The fourth-order valence-electron chi connectivity index (χ4n) is 1.70. The average molecular weight is 372 g/mol. The number of aromatic nitrogens is 1. The minimum absolute atomic E-state index is 0.294. The van der Waals surface area contributed by atoms with E-state index in [1.54, 1.807) is 24.3 Å². The zero-order valence-corrected chi connectivity index (χ0v) is 13.7. The molecule has 1 aromatic heterocycles. The number of carbonyl (C=O) groups is 1. The van der Waals surface area contributed by atoms with Crippen molar-refractivity contribution in [2.75, 3.05) is 19.5 Å². The van der Waals surface area contributed by atoms with Crippen molar-refractivity contribution < 1.29 is 14.3 Å². The van der Waals surface area contributed by atoms with E-state index in [9.17, 15) is 4.79 Å². The Hall–Kier alpha value is -1.79. The molecule has 0 aliphatic rings. The Kier molecular flexibility index (Phi) is 5.03. The Morgan fingerprint density at radius 2 is 1.95 bits per heavy atom. The van der Waals surface area contributed by atoms with Gasteiger partial charge in [0.2, 0.25) is 0 Å². The number of pyridine rings is 1. The number of carbonyl (C=O) groups excluding carboxylic acids is 1. The van der Waals surface area contributed by atoms with Crippen LogP contribution in [-0.2, 0) is 0 Å². The SMILES string of the molecule is COc1cc(OC)c(NC(=O)c2ccnc(Br)c2)cc1Cl. The van der Waals surface area contributed by atoms with Crippen molar-refractivity contribution in [3.05, 3.63) is 45.7 Å². The minimum atomic E-state index is -0.294. The highest BCUT2D eigenvalue weighted by Gasteiger charge is 2.14. The molecular weight excluding hydrogens is 360 g/mol. The lowest BCUT2D eigenvalue weighted by molar-refractivity contribution is 0.102. The molecule has 0 fully saturated rings. The summed E-state index contributed by atoms with van der Waals surface area (Å²) in [7, 11) is 3.01. The summed E-state index contributed by atoms with van der Waals surface area (Å²) in [5, 5.41) is 3.12. The molecule has 0 spiro atoms. The van der Waals surface area contributed by atoms with Crippen LogP contribution in [0.25, 0.3) is 0 Å². The quantitative estimate of drug-likeness (QED) is 0.831. The number of nitrogens with zero attached hydrogens (tertiary/aromatic N) is 1. The fraction of sp³-hybridized carbons (Fsp3) is 0.143. The van der Waals surface area contributed by atoms with Crippen LogP contribution in [0.3, 0.4) is 0 Å². The second kappa shape index (κ2) is 6.78. The number of nitrogens with one attached hydrogen (secondary N) is 1. The number of amides is 1. The third-order valence-corrected chi connectivity index (χ3v) is 3.44. The van der Waals surface area contributed by atoms with Gasteiger partial charge in [0.15, 0.2) is 0 Å². The van der Waals surface area contributed by atoms with E-state index in [1.165, 1.54) is 20.4 Å². The van der Waals surface area contributed by atoms with Crippen molar-refractivity contribution in [3.63, 3.8) is 0 Å². The molecule has 0 atom stereocenters. The lowest BCUT2D eigenvalue weighted by Gasteiger charge is -2.13. The van der Waals surface area contributed by atoms with Crippen molar-refractivity contribution in [2.24, 2.45) is 0 Å². The molecule has 1 aromatic carbocycles. The molecule has 0 aliphatic heterocycles. The van der Waals surface area contributed by atoms with Gasteiger partial charge in [0.1, 0.15) is 16.1 Å². The summed E-state index contributed by atoms with van der Waals surface area (Å²) >= 11 is 9.28. The highest BCUT2D eigenvalue weighted by atomic mass is 79.9. The number of anilines is 1. The van der Waals surface area contributed by atoms with E-state index in [0.717, 1.165) is 0 Å². The first kappa shape index (κ1) is 15.6. The molecule has 1 amide bonds. The van der Waals surface area contributed by atoms with Gasteiger partial charge in [-0.1, -0.05) is 11.6 Å². The Labute approximate surface area is 135 Å². The third-order valence-electron chi connectivity index (χ3n) is 2.71. The maximum Gasteiger partial charge on any atom is 0.255 e. The Bertz CT molecular complexity index is 679. The molecule has 1 heterocycles. The molecule has 0 unspecified atom stereocenters. The van der Waals surface area contributed by atoms with Gasteiger partial charge in [-0.05, 0) is 34.1 Å². The smallest absolute Gasteiger partial charge is 0.255 e. The Morgan fingerprint density at radius 1 is 1.24 bits per heavy atom. The maximum atomic E-state index is 12.2. The number of methoxy groups -OCH3 is 2. The summed E-state index contributed by atoms with van der Waals surface area (Å²) in [4.78, 5) is 16.2. The van der Waals surface area contributed by atoms with Crippen LogP contribution in [0.15, 0.2) is 35.1 Å². The summed E-state index contributed by atoms with van der Waals surface area (Å²) < 4.78 is 10.9. The van der Waals surface area contributed by atoms with Gasteiger partial charge in [-0.3, -0.25) is 4.79 Å². The monoisotopic (exact) mass is 370 g/mol. The predicted octanol–water partition coefficient (Wildman–Crippen LogP) is 3.77. The van der Waals surface area contributed by atoms with Crippen molar-refractivity contribution in [1.29, 1.82) is 0 Å². The van der Waals surface area contributed by atoms with Crippen molar-refractivity contribution in [2.45, 2.75) is 0 Å². The van der Waals surface area contributed by atoms with Crippen LogP contribution in [0, 0.1) is 0 Å². The van der Waals surface area contributed by atoms with Crippen LogP contribution in [0.2, 0.25) is 5.02 Å². The standard InChI is InChI=1S/C14H12BrClN2O3/c1-20-11-7-12(21-2)10(6-9(11)16)18-14(19)8-3-4-17-13(15)5-8/h3-7H,1-2H3,(H,18,19). The van der Waals surface area contributed by atoms with E-state index in [2.05, 4.69) is 26.2 Å². The Morgan fingerprint density at radius 3 is 2.57 bits per heavy atom. The van der Waals surface area contributed by atoms with Gasteiger partial charge >= 0.3 is 0 Å². The van der Waals surface area contributed by atoms with Gasteiger partial charge in [0.05, 0.1) is 24.9 Å². The number of halogens is 2. The first-order chi connectivity index (χ1) is 10.0. The summed E-state index contributed by atoms with van der Waals surface area (Å²) in [5.74, 6) is 0.633. The average Bonchev–Trinajstić information content (AvgIpc) is 2.47. The molecule has 110 valence electrons. The summed E-state index contributed by atoms with van der Waals surface area (Å²) in [6.07, 6.45) is 1.54. The lowest BCUT2D eigenvalue weighted by Crippen LogP contribution is -2.13. The molecule has 0 bridgehead atoms. The first-order valence-electron chi connectivity index (χ1n) is 5.89. The van der Waals surface area contributed by atoms with Gasteiger partial charge in [-0.2, -0.15) is 0 Å². The Balaban J connectivity index is 2.30. The summed E-state index contributed by atoms with van der Waals surface area (Å²) in [6.45, 7) is 0. The predicted molar refractivity (Wildman–Crippen MR) is 84.4 cm³/mol. The van der Waals surface area contributed by atoms with E-state index < -0.39 is 0 Å². The summed E-state index contributed by atoms with van der Waals surface area (Å²) in [5.41, 5.74) is 0.923. The molecule has 7 heteroatoms. The summed E-state index contributed by atoms with van der Waals surface area (Å²) in [6, 6.07) is 6.42. The molecule has 21 heavy (non-hydrogen) atoms. The van der Waals surface area contributed by atoms with Crippen LogP contribution < -0.4 is 14.8 Å². The molecule has 0 saturated heterocycles.